The van der Waals surface area contributed by atoms with Crippen LogP contribution in [-0.2, 0) is 10.0 Å². The average molecular weight is 346 g/mol. The van der Waals surface area contributed by atoms with E-state index in [4.69, 9.17) is 0 Å². The Morgan fingerprint density at radius 3 is 2.62 bits per heavy atom. The number of aromatic nitrogens is 2. The van der Waals surface area contributed by atoms with Gasteiger partial charge in [0, 0.05) is 31.4 Å². The molecule has 1 N–H and O–H groups in total. The molecule has 1 aromatic heterocycles. The van der Waals surface area contributed by atoms with Gasteiger partial charge in [0.25, 0.3) is 5.91 Å². The maximum absolute atomic E-state index is 12.8. The van der Waals surface area contributed by atoms with Crippen molar-refractivity contribution in [3.63, 3.8) is 0 Å². The third-order valence-electron chi connectivity index (χ3n) is 3.88. The molecule has 0 saturated carbocycles. The lowest BCUT2D eigenvalue weighted by Crippen LogP contribution is -2.29. The summed E-state index contributed by atoms with van der Waals surface area (Å²) in [6.45, 7) is 1.12. The molecule has 0 bridgehead atoms. The van der Waals surface area contributed by atoms with E-state index in [1.807, 2.05) is 0 Å². The molecule has 7 nitrogen and oxygen atoms in total. The molecule has 1 aliphatic heterocycles. The molecule has 1 unspecified atom stereocenters. The Morgan fingerprint density at radius 1 is 1.21 bits per heavy atom. The summed E-state index contributed by atoms with van der Waals surface area (Å²) in [5, 5.41) is 0. The van der Waals surface area contributed by atoms with Crippen molar-refractivity contribution in [3.8, 4) is 0 Å². The molecule has 1 saturated heterocycles. The summed E-state index contributed by atoms with van der Waals surface area (Å²) >= 11 is 0. The van der Waals surface area contributed by atoms with Gasteiger partial charge >= 0.3 is 0 Å². The maximum Gasteiger partial charge on any atom is 0.256 e. The highest BCUT2D eigenvalue weighted by Crippen LogP contribution is 2.27. The Bertz CT molecular complexity index is 839. The Labute approximate surface area is 140 Å². The summed E-state index contributed by atoms with van der Waals surface area (Å²) in [7, 11) is -3.45. The van der Waals surface area contributed by atoms with Crippen molar-refractivity contribution in [2.24, 2.45) is 0 Å². The molecular formula is C16H18N4O3S. The fourth-order valence-corrected chi connectivity index (χ4v) is 3.38. The predicted molar refractivity (Wildman–Crippen MR) is 90.2 cm³/mol. The smallest absolute Gasteiger partial charge is 0.256 e. The van der Waals surface area contributed by atoms with Crippen molar-refractivity contribution >= 4 is 21.6 Å². The molecule has 0 spiro atoms. The van der Waals surface area contributed by atoms with Crippen LogP contribution in [0.1, 0.15) is 28.5 Å². The minimum absolute atomic E-state index is 0.102. The monoisotopic (exact) mass is 346 g/mol. The topological polar surface area (TPSA) is 92.3 Å². The molecule has 2 heterocycles. The number of rotatable bonds is 4. The Morgan fingerprint density at radius 2 is 1.92 bits per heavy atom. The third kappa shape index (κ3) is 3.70. The van der Waals surface area contributed by atoms with Crippen LogP contribution in [0, 0.1) is 0 Å². The van der Waals surface area contributed by atoms with Crippen LogP contribution in [0.2, 0.25) is 0 Å². The van der Waals surface area contributed by atoms with E-state index in [9.17, 15) is 13.2 Å². The third-order valence-corrected chi connectivity index (χ3v) is 4.47. The fraction of sp³-hybridized carbons (Fsp3) is 0.312. The van der Waals surface area contributed by atoms with Crippen LogP contribution >= 0.6 is 0 Å². The molecule has 1 fully saturated rings. The number of benzene rings is 1. The quantitative estimate of drug-likeness (QED) is 0.905. The van der Waals surface area contributed by atoms with Crippen LogP contribution in [0.5, 0.6) is 0 Å². The number of para-hydroxylation sites is 1. The summed E-state index contributed by atoms with van der Waals surface area (Å²) in [5.41, 5.74) is 0.641. The van der Waals surface area contributed by atoms with Gasteiger partial charge in [0.2, 0.25) is 10.0 Å². The predicted octanol–water partition coefficient (Wildman–Crippen LogP) is 1.48. The van der Waals surface area contributed by atoms with Crippen molar-refractivity contribution < 1.29 is 13.2 Å². The van der Waals surface area contributed by atoms with Crippen molar-refractivity contribution in [3.05, 3.63) is 54.1 Å². The first-order valence-electron chi connectivity index (χ1n) is 7.57. The van der Waals surface area contributed by atoms with E-state index in [1.165, 1.54) is 0 Å². The van der Waals surface area contributed by atoms with Crippen LogP contribution < -0.4 is 4.72 Å². The zero-order valence-electron chi connectivity index (χ0n) is 13.2. The van der Waals surface area contributed by atoms with Gasteiger partial charge in [-0.25, -0.2) is 18.4 Å². The Balaban J connectivity index is 1.79. The van der Waals surface area contributed by atoms with Gasteiger partial charge in [-0.15, -0.1) is 0 Å². The van der Waals surface area contributed by atoms with Gasteiger partial charge in [0.1, 0.15) is 5.82 Å². The summed E-state index contributed by atoms with van der Waals surface area (Å²) in [4.78, 5) is 23.0. The number of nitrogens with one attached hydrogen (secondary N) is 1. The lowest BCUT2D eigenvalue weighted by molar-refractivity contribution is 0.0791. The average Bonchev–Trinajstić information content (AvgIpc) is 3.04. The minimum Gasteiger partial charge on any atom is -0.338 e. The Hall–Kier alpha value is -2.48. The molecule has 1 aliphatic rings. The molecule has 24 heavy (non-hydrogen) atoms. The van der Waals surface area contributed by atoms with Crippen LogP contribution in [0.15, 0.2) is 42.7 Å². The number of nitrogens with zero attached hydrogens (tertiary/aromatic N) is 3. The molecule has 2 aromatic rings. The minimum atomic E-state index is -3.45. The number of amides is 1. The second kappa shape index (κ2) is 6.56. The van der Waals surface area contributed by atoms with Gasteiger partial charge in [0.15, 0.2) is 0 Å². The number of carbonyl (C=O) groups is 1. The van der Waals surface area contributed by atoms with E-state index < -0.39 is 10.0 Å². The van der Waals surface area contributed by atoms with E-state index in [2.05, 4.69) is 14.7 Å². The second-order valence-corrected chi connectivity index (χ2v) is 7.51. The van der Waals surface area contributed by atoms with Crippen molar-refractivity contribution in [2.45, 2.75) is 12.3 Å². The van der Waals surface area contributed by atoms with Crippen LogP contribution in [0.3, 0.4) is 0 Å². The fourth-order valence-electron chi connectivity index (χ4n) is 2.81. The van der Waals surface area contributed by atoms with Gasteiger partial charge in [-0.2, -0.15) is 0 Å². The first-order chi connectivity index (χ1) is 11.4. The van der Waals surface area contributed by atoms with Gasteiger partial charge in [0.05, 0.1) is 17.5 Å². The summed E-state index contributed by atoms with van der Waals surface area (Å²) < 4.78 is 25.4. The molecule has 3 rings (SSSR count). The molecule has 1 aromatic carbocycles. The highest BCUT2D eigenvalue weighted by atomic mass is 32.2. The van der Waals surface area contributed by atoms with Gasteiger partial charge < -0.3 is 4.90 Å². The van der Waals surface area contributed by atoms with Crippen LogP contribution in [0.25, 0.3) is 0 Å². The number of carbonyl (C=O) groups excluding carboxylic acids is 1. The van der Waals surface area contributed by atoms with Crippen LogP contribution in [0.4, 0.5) is 5.69 Å². The lowest BCUT2D eigenvalue weighted by Gasteiger charge is -2.18. The van der Waals surface area contributed by atoms with Crippen molar-refractivity contribution in [1.82, 2.24) is 14.9 Å². The number of sulfonamides is 1. The van der Waals surface area contributed by atoms with Gasteiger partial charge in [-0.1, -0.05) is 12.1 Å². The largest absolute Gasteiger partial charge is 0.338 e. The first kappa shape index (κ1) is 16.4. The SMILES string of the molecule is CS(=O)(=O)Nc1ccccc1C(=O)N1CCC(c2ncccn2)C1. The molecule has 1 atom stereocenters. The lowest BCUT2D eigenvalue weighted by atomic mass is 10.1. The Kier molecular flexibility index (Phi) is 4.48. The zero-order valence-corrected chi connectivity index (χ0v) is 14.0. The van der Waals surface area contributed by atoms with Gasteiger partial charge in [-0.05, 0) is 24.6 Å². The second-order valence-electron chi connectivity index (χ2n) is 5.76. The van der Waals surface area contributed by atoms with Gasteiger partial charge in [-0.3, -0.25) is 9.52 Å². The number of anilines is 1. The molecule has 1 amide bonds. The van der Waals surface area contributed by atoms with Crippen molar-refractivity contribution in [1.29, 1.82) is 0 Å². The maximum atomic E-state index is 12.8. The molecule has 126 valence electrons. The van der Waals surface area contributed by atoms with E-state index in [0.717, 1.165) is 18.5 Å². The summed E-state index contributed by atoms with van der Waals surface area (Å²) in [6.07, 6.45) is 5.24. The zero-order chi connectivity index (χ0) is 17.2. The van der Waals surface area contributed by atoms with E-state index in [1.54, 1.807) is 47.6 Å². The summed E-state index contributed by atoms with van der Waals surface area (Å²) in [6, 6.07) is 8.38. The number of hydrogen-bond acceptors (Lipinski definition) is 5. The van der Waals surface area contributed by atoms with E-state index >= 15 is 0 Å². The highest BCUT2D eigenvalue weighted by Gasteiger charge is 2.30. The van der Waals surface area contributed by atoms with E-state index in [0.29, 0.717) is 24.3 Å². The first-order valence-corrected chi connectivity index (χ1v) is 9.46. The van der Waals surface area contributed by atoms with Crippen molar-refractivity contribution in [2.75, 3.05) is 24.1 Å². The summed E-state index contributed by atoms with van der Waals surface area (Å²) in [5.74, 6) is 0.640. The normalized spacial score (nSPS) is 17.7. The van der Waals surface area contributed by atoms with Crippen LogP contribution in [-0.4, -0.2) is 48.5 Å². The van der Waals surface area contributed by atoms with E-state index in [-0.39, 0.29) is 11.8 Å². The molecular weight excluding hydrogens is 328 g/mol. The molecule has 0 radical (unpaired) electrons. The standard InChI is InChI=1S/C16H18N4O3S/c1-24(22,23)19-14-6-3-2-5-13(14)16(21)20-10-7-12(11-20)15-17-8-4-9-18-15/h2-6,8-9,12,19H,7,10-11H2,1H3. The number of hydrogen-bond donors (Lipinski definition) is 1. The highest BCUT2D eigenvalue weighted by molar-refractivity contribution is 7.92. The number of likely N-dealkylation sites (tertiary alicyclic amines) is 1. The molecule has 8 heteroatoms. The molecule has 0 aliphatic carbocycles.